The smallest absolute Gasteiger partial charge is 0.220 e. The molecule has 0 unspecified atom stereocenters. The maximum atomic E-state index is 12.8. The van der Waals surface area contributed by atoms with E-state index in [9.17, 15) is 14.0 Å². The molecule has 0 spiro atoms. The standard InChI is InChI=1S/C19H27FN2O2/c1-13-4-3-5-17(14(13)2)22-19(24)11-10-18(23)21-12-15-6-8-16(20)9-7-15/h6-9,13-14,17H,3-5,10-12H2,1-2H3,(H,21,23)(H,22,24)/t13-,14-,17-/m1/s1. The van der Waals surface area contributed by atoms with Gasteiger partial charge in [0.05, 0.1) is 0 Å². The molecule has 1 aliphatic rings. The molecule has 0 aliphatic heterocycles. The van der Waals surface area contributed by atoms with Gasteiger partial charge in [-0.15, -0.1) is 0 Å². The van der Waals surface area contributed by atoms with Crippen molar-refractivity contribution in [1.82, 2.24) is 10.6 Å². The van der Waals surface area contributed by atoms with Crippen LogP contribution in [0.25, 0.3) is 0 Å². The molecule has 1 fully saturated rings. The lowest BCUT2D eigenvalue weighted by molar-refractivity contribution is -0.127. The van der Waals surface area contributed by atoms with Crippen molar-refractivity contribution >= 4 is 11.8 Å². The highest BCUT2D eigenvalue weighted by Gasteiger charge is 2.28. The van der Waals surface area contributed by atoms with Gasteiger partial charge < -0.3 is 10.6 Å². The first-order chi connectivity index (χ1) is 11.5. The van der Waals surface area contributed by atoms with Crippen LogP contribution in [0, 0.1) is 17.7 Å². The number of hydrogen-bond donors (Lipinski definition) is 2. The van der Waals surface area contributed by atoms with E-state index >= 15 is 0 Å². The van der Waals surface area contributed by atoms with Crippen LogP contribution in [0.2, 0.25) is 0 Å². The Kier molecular flexibility index (Phi) is 6.76. The summed E-state index contributed by atoms with van der Waals surface area (Å²) in [6.45, 7) is 4.76. The Hall–Kier alpha value is -1.91. The Morgan fingerprint density at radius 2 is 1.75 bits per heavy atom. The molecule has 24 heavy (non-hydrogen) atoms. The second-order valence-corrected chi connectivity index (χ2v) is 6.84. The monoisotopic (exact) mass is 334 g/mol. The lowest BCUT2D eigenvalue weighted by atomic mass is 9.78. The van der Waals surface area contributed by atoms with Crippen LogP contribution in [0.15, 0.2) is 24.3 Å². The summed E-state index contributed by atoms with van der Waals surface area (Å²) in [7, 11) is 0. The minimum absolute atomic E-state index is 0.0575. The number of carbonyl (C=O) groups excluding carboxylic acids is 2. The Morgan fingerprint density at radius 1 is 1.08 bits per heavy atom. The summed E-state index contributed by atoms with van der Waals surface area (Å²) >= 11 is 0. The van der Waals surface area contributed by atoms with Crippen molar-refractivity contribution in [3.05, 3.63) is 35.6 Å². The van der Waals surface area contributed by atoms with Gasteiger partial charge in [-0.2, -0.15) is 0 Å². The number of nitrogens with one attached hydrogen (secondary N) is 2. The molecule has 132 valence electrons. The van der Waals surface area contributed by atoms with Crippen molar-refractivity contribution in [1.29, 1.82) is 0 Å². The van der Waals surface area contributed by atoms with Crippen LogP contribution in [0.1, 0.15) is 51.5 Å². The third-order valence-corrected chi connectivity index (χ3v) is 5.04. The predicted octanol–water partition coefficient (Wildman–Crippen LogP) is 3.16. The van der Waals surface area contributed by atoms with E-state index in [-0.39, 0.29) is 36.5 Å². The van der Waals surface area contributed by atoms with E-state index in [0.29, 0.717) is 18.4 Å². The molecule has 2 rings (SSSR count). The summed E-state index contributed by atoms with van der Waals surface area (Å²) in [6, 6.07) is 6.22. The summed E-state index contributed by atoms with van der Waals surface area (Å²) in [4.78, 5) is 23.9. The zero-order chi connectivity index (χ0) is 17.5. The minimum Gasteiger partial charge on any atom is -0.353 e. The largest absolute Gasteiger partial charge is 0.353 e. The van der Waals surface area contributed by atoms with Crippen molar-refractivity contribution in [2.24, 2.45) is 11.8 Å². The van der Waals surface area contributed by atoms with Gasteiger partial charge in [-0.05, 0) is 36.0 Å². The van der Waals surface area contributed by atoms with E-state index in [4.69, 9.17) is 0 Å². The number of amides is 2. The first-order valence-electron chi connectivity index (χ1n) is 8.76. The molecule has 0 aromatic heterocycles. The molecule has 3 atom stereocenters. The molecule has 0 heterocycles. The van der Waals surface area contributed by atoms with Gasteiger partial charge in [-0.25, -0.2) is 4.39 Å². The van der Waals surface area contributed by atoms with Gasteiger partial charge in [0, 0.05) is 25.4 Å². The highest BCUT2D eigenvalue weighted by atomic mass is 19.1. The Labute approximate surface area is 143 Å². The van der Waals surface area contributed by atoms with E-state index in [2.05, 4.69) is 24.5 Å². The molecule has 0 saturated heterocycles. The molecular weight excluding hydrogens is 307 g/mol. The second kappa shape index (κ2) is 8.81. The number of benzene rings is 1. The van der Waals surface area contributed by atoms with Crippen LogP contribution in [0.4, 0.5) is 4.39 Å². The van der Waals surface area contributed by atoms with E-state index in [1.807, 2.05) is 0 Å². The third-order valence-electron chi connectivity index (χ3n) is 5.04. The zero-order valence-electron chi connectivity index (χ0n) is 14.5. The Morgan fingerprint density at radius 3 is 2.46 bits per heavy atom. The quantitative estimate of drug-likeness (QED) is 0.839. The molecular formula is C19H27FN2O2. The summed E-state index contributed by atoms with van der Waals surface area (Å²) in [6.07, 6.45) is 3.76. The lowest BCUT2D eigenvalue weighted by Gasteiger charge is -2.34. The van der Waals surface area contributed by atoms with E-state index < -0.39 is 0 Å². The minimum atomic E-state index is -0.298. The molecule has 1 saturated carbocycles. The summed E-state index contributed by atoms with van der Waals surface area (Å²) < 4.78 is 12.8. The first kappa shape index (κ1) is 18.4. The van der Waals surface area contributed by atoms with Crippen LogP contribution in [0.5, 0.6) is 0 Å². The van der Waals surface area contributed by atoms with Gasteiger partial charge in [0.25, 0.3) is 0 Å². The van der Waals surface area contributed by atoms with Gasteiger partial charge in [-0.1, -0.05) is 38.8 Å². The van der Waals surface area contributed by atoms with Crippen LogP contribution in [-0.4, -0.2) is 17.9 Å². The van der Waals surface area contributed by atoms with E-state index in [0.717, 1.165) is 18.4 Å². The Bertz CT molecular complexity index is 559. The highest BCUT2D eigenvalue weighted by Crippen LogP contribution is 2.29. The average Bonchev–Trinajstić information content (AvgIpc) is 2.56. The maximum absolute atomic E-state index is 12.8. The van der Waals surface area contributed by atoms with Crippen molar-refractivity contribution in [2.45, 2.75) is 58.5 Å². The number of rotatable bonds is 6. The van der Waals surface area contributed by atoms with Crippen LogP contribution < -0.4 is 10.6 Å². The molecule has 1 aliphatic carbocycles. The Balaban J connectivity index is 1.67. The third kappa shape index (κ3) is 5.62. The SMILES string of the molecule is C[C@@H]1[C@H](C)CCC[C@H]1NC(=O)CCC(=O)NCc1ccc(F)cc1. The van der Waals surface area contributed by atoms with Crippen molar-refractivity contribution in [2.75, 3.05) is 0 Å². The summed E-state index contributed by atoms with van der Waals surface area (Å²) in [5.74, 6) is 0.587. The molecule has 4 nitrogen and oxygen atoms in total. The molecule has 0 radical (unpaired) electrons. The van der Waals surface area contributed by atoms with Gasteiger partial charge in [0.2, 0.25) is 11.8 Å². The molecule has 1 aromatic rings. The fourth-order valence-corrected chi connectivity index (χ4v) is 3.18. The van der Waals surface area contributed by atoms with Gasteiger partial charge in [0.1, 0.15) is 5.82 Å². The maximum Gasteiger partial charge on any atom is 0.220 e. The summed E-state index contributed by atoms with van der Waals surface area (Å²) in [5, 5.41) is 5.83. The molecule has 2 amide bonds. The van der Waals surface area contributed by atoms with Gasteiger partial charge in [0.15, 0.2) is 0 Å². The summed E-state index contributed by atoms with van der Waals surface area (Å²) in [5.41, 5.74) is 0.833. The highest BCUT2D eigenvalue weighted by molar-refractivity contribution is 5.83. The molecule has 2 N–H and O–H groups in total. The fourth-order valence-electron chi connectivity index (χ4n) is 3.18. The fraction of sp³-hybridized carbons (Fsp3) is 0.579. The lowest BCUT2D eigenvalue weighted by Crippen LogP contribution is -2.43. The van der Waals surface area contributed by atoms with Crippen molar-refractivity contribution < 1.29 is 14.0 Å². The molecule has 5 heteroatoms. The average molecular weight is 334 g/mol. The van der Waals surface area contributed by atoms with Crippen LogP contribution in [0.3, 0.4) is 0 Å². The predicted molar refractivity (Wildman–Crippen MR) is 91.6 cm³/mol. The van der Waals surface area contributed by atoms with Crippen molar-refractivity contribution in [3.63, 3.8) is 0 Å². The zero-order valence-corrected chi connectivity index (χ0v) is 14.5. The molecule has 0 bridgehead atoms. The first-order valence-corrected chi connectivity index (χ1v) is 8.76. The van der Waals surface area contributed by atoms with Crippen LogP contribution >= 0.6 is 0 Å². The van der Waals surface area contributed by atoms with Crippen LogP contribution in [-0.2, 0) is 16.1 Å². The van der Waals surface area contributed by atoms with E-state index in [1.165, 1.54) is 18.6 Å². The van der Waals surface area contributed by atoms with Gasteiger partial charge in [-0.3, -0.25) is 9.59 Å². The number of carbonyl (C=O) groups is 2. The van der Waals surface area contributed by atoms with Crippen molar-refractivity contribution in [3.8, 4) is 0 Å². The number of halogens is 1. The van der Waals surface area contributed by atoms with E-state index in [1.54, 1.807) is 12.1 Å². The topological polar surface area (TPSA) is 58.2 Å². The number of hydrogen-bond acceptors (Lipinski definition) is 2. The second-order valence-electron chi connectivity index (χ2n) is 6.84. The van der Waals surface area contributed by atoms with Gasteiger partial charge >= 0.3 is 0 Å². The normalized spacial score (nSPS) is 23.5. The molecule has 1 aromatic carbocycles.